The van der Waals surface area contributed by atoms with Gasteiger partial charge in [0.15, 0.2) is 0 Å². The van der Waals surface area contributed by atoms with Gasteiger partial charge >= 0.3 is 0 Å². The Hall–Kier alpha value is -1.35. The Bertz CT molecular complexity index is 418. The number of amides is 1. The molecule has 1 aromatic rings. The first kappa shape index (κ1) is 14.1. The molecule has 1 saturated heterocycles. The minimum absolute atomic E-state index is 0.135. The molecule has 1 heterocycles. The summed E-state index contributed by atoms with van der Waals surface area (Å²) in [4.78, 5) is 14.5. The van der Waals surface area contributed by atoms with E-state index in [9.17, 15) is 4.79 Å². The van der Waals surface area contributed by atoms with Gasteiger partial charge in [-0.05, 0) is 31.2 Å². The molecule has 2 rings (SSSR count). The molecule has 0 saturated carbocycles. The first-order valence-electron chi connectivity index (χ1n) is 7.28. The van der Waals surface area contributed by atoms with E-state index in [1.807, 2.05) is 35.2 Å². The highest BCUT2D eigenvalue weighted by molar-refractivity contribution is 5.87. The number of nitrogens with two attached hydrogens (primary N) is 1. The minimum atomic E-state index is -0.701. The molecule has 1 unspecified atom stereocenters. The van der Waals surface area contributed by atoms with Crippen LogP contribution in [0.2, 0.25) is 0 Å². The van der Waals surface area contributed by atoms with Crippen LogP contribution in [0.15, 0.2) is 30.3 Å². The molecular formula is C16H24N2O. The third kappa shape index (κ3) is 3.35. The van der Waals surface area contributed by atoms with Crippen molar-refractivity contribution in [3.8, 4) is 0 Å². The number of carbonyl (C=O) groups excluding carboxylic acids is 1. The Morgan fingerprint density at radius 3 is 2.74 bits per heavy atom. The Kier molecular flexibility index (Phi) is 4.59. The van der Waals surface area contributed by atoms with Crippen LogP contribution in [0.3, 0.4) is 0 Å². The monoisotopic (exact) mass is 260 g/mol. The maximum atomic E-state index is 12.6. The summed E-state index contributed by atoms with van der Waals surface area (Å²) in [6.45, 7) is 3.86. The van der Waals surface area contributed by atoms with Crippen molar-refractivity contribution < 1.29 is 4.79 Å². The lowest BCUT2D eigenvalue weighted by atomic mass is 9.83. The van der Waals surface area contributed by atoms with Crippen LogP contribution >= 0.6 is 0 Å². The van der Waals surface area contributed by atoms with Crippen LogP contribution in [0.25, 0.3) is 0 Å². The van der Waals surface area contributed by atoms with E-state index in [4.69, 9.17) is 5.73 Å². The van der Waals surface area contributed by atoms with Crippen LogP contribution in [0.1, 0.15) is 38.2 Å². The van der Waals surface area contributed by atoms with Gasteiger partial charge in [0, 0.05) is 13.1 Å². The van der Waals surface area contributed by atoms with E-state index in [1.54, 1.807) is 0 Å². The van der Waals surface area contributed by atoms with Crippen LogP contribution in [0.5, 0.6) is 0 Å². The maximum absolute atomic E-state index is 12.6. The van der Waals surface area contributed by atoms with E-state index >= 15 is 0 Å². The lowest BCUT2D eigenvalue weighted by Gasteiger charge is -2.39. The summed E-state index contributed by atoms with van der Waals surface area (Å²) >= 11 is 0. The van der Waals surface area contributed by atoms with Crippen molar-refractivity contribution in [3.05, 3.63) is 35.9 Å². The number of hydrogen-bond donors (Lipinski definition) is 1. The molecule has 3 heteroatoms. The van der Waals surface area contributed by atoms with Gasteiger partial charge in [0.1, 0.15) is 0 Å². The van der Waals surface area contributed by atoms with E-state index in [2.05, 4.69) is 6.92 Å². The summed E-state index contributed by atoms with van der Waals surface area (Å²) < 4.78 is 0. The molecule has 1 amide bonds. The molecule has 1 aromatic carbocycles. The second-order valence-corrected chi connectivity index (χ2v) is 5.57. The van der Waals surface area contributed by atoms with Gasteiger partial charge in [-0.25, -0.2) is 0 Å². The molecule has 104 valence electrons. The van der Waals surface area contributed by atoms with Crippen molar-refractivity contribution in [2.24, 2.45) is 5.73 Å². The standard InChI is InChI=1S/C16H24N2O/c1-2-3-11-18-12-7-10-16(17,15(18)19)13-14-8-5-4-6-9-14/h4-6,8-9H,2-3,7,10-13,17H2,1H3. The highest BCUT2D eigenvalue weighted by atomic mass is 16.2. The van der Waals surface area contributed by atoms with Gasteiger partial charge in [-0.1, -0.05) is 43.7 Å². The van der Waals surface area contributed by atoms with Crippen LogP contribution in [-0.2, 0) is 11.2 Å². The Labute approximate surface area is 115 Å². The largest absolute Gasteiger partial charge is 0.341 e. The van der Waals surface area contributed by atoms with Gasteiger partial charge in [-0.15, -0.1) is 0 Å². The van der Waals surface area contributed by atoms with E-state index in [-0.39, 0.29) is 5.91 Å². The first-order valence-corrected chi connectivity index (χ1v) is 7.28. The highest BCUT2D eigenvalue weighted by Crippen LogP contribution is 2.24. The normalized spacial score (nSPS) is 23.7. The fraction of sp³-hybridized carbons (Fsp3) is 0.562. The van der Waals surface area contributed by atoms with Gasteiger partial charge in [-0.3, -0.25) is 4.79 Å². The van der Waals surface area contributed by atoms with Crippen molar-refractivity contribution in [2.45, 2.75) is 44.6 Å². The predicted molar refractivity (Wildman–Crippen MR) is 77.8 cm³/mol. The summed E-state index contributed by atoms with van der Waals surface area (Å²) in [5.74, 6) is 0.135. The number of carbonyl (C=O) groups is 1. The maximum Gasteiger partial charge on any atom is 0.242 e. The second kappa shape index (κ2) is 6.20. The highest BCUT2D eigenvalue weighted by Gasteiger charge is 2.40. The first-order chi connectivity index (χ1) is 9.15. The number of hydrogen-bond acceptors (Lipinski definition) is 2. The molecule has 0 spiro atoms. The Balaban J connectivity index is 2.06. The third-order valence-corrected chi connectivity index (χ3v) is 3.91. The quantitative estimate of drug-likeness (QED) is 0.883. The van der Waals surface area contributed by atoms with Crippen LogP contribution in [-0.4, -0.2) is 29.4 Å². The van der Waals surface area contributed by atoms with Gasteiger partial charge in [-0.2, -0.15) is 0 Å². The average molecular weight is 260 g/mol. The fourth-order valence-corrected chi connectivity index (χ4v) is 2.80. The Morgan fingerprint density at radius 1 is 1.32 bits per heavy atom. The van der Waals surface area contributed by atoms with E-state index < -0.39 is 5.54 Å². The second-order valence-electron chi connectivity index (χ2n) is 5.57. The lowest BCUT2D eigenvalue weighted by molar-refractivity contribution is -0.140. The SMILES string of the molecule is CCCCN1CCCC(N)(Cc2ccccc2)C1=O. The molecule has 1 fully saturated rings. The Morgan fingerprint density at radius 2 is 2.05 bits per heavy atom. The zero-order valence-corrected chi connectivity index (χ0v) is 11.8. The summed E-state index contributed by atoms with van der Waals surface area (Å²) in [5, 5.41) is 0. The summed E-state index contributed by atoms with van der Waals surface area (Å²) in [7, 11) is 0. The number of unbranched alkanes of at least 4 members (excludes halogenated alkanes) is 1. The smallest absolute Gasteiger partial charge is 0.242 e. The molecule has 3 nitrogen and oxygen atoms in total. The van der Waals surface area contributed by atoms with Gasteiger partial charge in [0.05, 0.1) is 5.54 Å². The molecule has 0 bridgehead atoms. The van der Waals surface area contributed by atoms with Crippen molar-refractivity contribution in [3.63, 3.8) is 0 Å². The van der Waals surface area contributed by atoms with Gasteiger partial charge in [0.25, 0.3) is 0 Å². The molecule has 1 aliphatic heterocycles. The third-order valence-electron chi connectivity index (χ3n) is 3.91. The summed E-state index contributed by atoms with van der Waals surface area (Å²) in [6.07, 6.45) is 4.63. The van der Waals surface area contributed by atoms with Crippen molar-refractivity contribution in [2.75, 3.05) is 13.1 Å². The fourth-order valence-electron chi connectivity index (χ4n) is 2.80. The molecule has 2 N–H and O–H groups in total. The van der Waals surface area contributed by atoms with Gasteiger partial charge in [0.2, 0.25) is 5.91 Å². The molecule has 1 atom stereocenters. The lowest BCUT2D eigenvalue weighted by Crippen LogP contribution is -2.60. The number of piperidine rings is 1. The van der Waals surface area contributed by atoms with E-state index in [0.29, 0.717) is 6.42 Å². The number of benzene rings is 1. The topological polar surface area (TPSA) is 46.3 Å². The number of rotatable bonds is 5. The van der Waals surface area contributed by atoms with E-state index in [0.717, 1.165) is 44.3 Å². The number of nitrogens with zero attached hydrogens (tertiary/aromatic N) is 1. The minimum Gasteiger partial charge on any atom is -0.341 e. The molecule has 0 aromatic heterocycles. The van der Waals surface area contributed by atoms with E-state index in [1.165, 1.54) is 0 Å². The average Bonchev–Trinajstić information content (AvgIpc) is 2.42. The van der Waals surface area contributed by atoms with Crippen molar-refractivity contribution in [1.29, 1.82) is 0 Å². The molecular weight excluding hydrogens is 236 g/mol. The molecule has 0 radical (unpaired) electrons. The zero-order chi connectivity index (χ0) is 13.7. The van der Waals surface area contributed by atoms with Crippen molar-refractivity contribution in [1.82, 2.24) is 4.90 Å². The summed E-state index contributed by atoms with van der Waals surface area (Å²) in [5.41, 5.74) is 6.85. The van der Waals surface area contributed by atoms with Crippen molar-refractivity contribution >= 4 is 5.91 Å². The van der Waals surface area contributed by atoms with Crippen LogP contribution < -0.4 is 5.73 Å². The molecule has 0 aliphatic carbocycles. The van der Waals surface area contributed by atoms with Gasteiger partial charge < -0.3 is 10.6 Å². The molecule has 19 heavy (non-hydrogen) atoms. The molecule has 1 aliphatic rings. The number of likely N-dealkylation sites (tertiary alicyclic amines) is 1. The summed E-state index contributed by atoms with van der Waals surface area (Å²) in [6, 6.07) is 10.1. The van der Waals surface area contributed by atoms with Crippen LogP contribution in [0, 0.1) is 0 Å². The predicted octanol–water partition coefficient (Wildman–Crippen LogP) is 2.35. The zero-order valence-electron chi connectivity index (χ0n) is 11.8. The van der Waals surface area contributed by atoms with Crippen LogP contribution in [0.4, 0.5) is 0 Å².